The summed E-state index contributed by atoms with van der Waals surface area (Å²) in [6.45, 7) is 2.18. The van der Waals surface area contributed by atoms with Crippen LogP contribution in [0.25, 0.3) is 11.1 Å². The Morgan fingerprint density at radius 3 is 2.26 bits per heavy atom. The fourth-order valence-corrected chi connectivity index (χ4v) is 3.88. The molecule has 7 nitrogen and oxygen atoms in total. The zero-order valence-electron chi connectivity index (χ0n) is 17.5. The summed E-state index contributed by atoms with van der Waals surface area (Å²) in [5.41, 5.74) is 3.19. The molecule has 2 aromatic carbocycles. The molecule has 31 heavy (non-hydrogen) atoms. The van der Waals surface area contributed by atoms with Gasteiger partial charge in [0.1, 0.15) is 0 Å². The maximum absolute atomic E-state index is 12.7. The lowest BCUT2D eigenvalue weighted by atomic mass is 9.95. The highest BCUT2D eigenvalue weighted by molar-refractivity contribution is 5.78. The van der Waals surface area contributed by atoms with E-state index in [1.165, 1.54) is 4.90 Å². The van der Waals surface area contributed by atoms with Crippen LogP contribution in [0.15, 0.2) is 54.6 Å². The summed E-state index contributed by atoms with van der Waals surface area (Å²) in [4.78, 5) is 36.7. The third kappa shape index (κ3) is 6.07. The van der Waals surface area contributed by atoms with Crippen LogP contribution in [-0.4, -0.2) is 52.2 Å². The molecular formula is C24H28N2O5. The van der Waals surface area contributed by atoms with E-state index in [4.69, 9.17) is 5.11 Å². The first-order valence-corrected chi connectivity index (χ1v) is 10.5. The van der Waals surface area contributed by atoms with Crippen LogP contribution in [0.2, 0.25) is 0 Å². The van der Waals surface area contributed by atoms with Crippen LogP contribution in [0.5, 0.6) is 0 Å². The first kappa shape index (κ1) is 22.3. The molecule has 3 N–H and O–H groups in total. The molecule has 1 fully saturated rings. The van der Waals surface area contributed by atoms with Gasteiger partial charge in [0.2, 0.25) is 0 Å². The second-order valence-corrected chi connectivity index (χ2v) is 8.16. The van der Waals surface area contributed by atoms with Crippen molar-refractivity contribution in [3.63, 3.8) is 0 Å². The monoisotopic (exact) mass is 424 g/mol. The Labute approximate surface area is 181 Å². The Morgan fingerprint density at radius 2 is 1.68 bits per heavy atom. The number of aliphatic carboxylic acids is 2. The number of hydrogen-bond acceptors (Lipinski definition) is 3. The molecule has 1 saturated heterocycles. The fraction of sp³-hybridized carbons (Fsp3) is 0.375. The topological polar surface area (TPSA) is 107 Å². The number of nitrogens with one attached hydrogen (secondary N) is 1. The number of rotatable bonds is 8. The zero-order chi connectivity index (χ0) is 22.4. The number of carboxylic acids is 2. The summed E-state index contributed by atoms with van der Waals surface area (Å²) in [5, 5.41) is 21.4. The zero-order valence-corrected chi connectivity index (χ0v) is 17.5. The first-order valence-electron chi connectivity index (χ1n) is 10.5. The first-order chi connectivity index (χ1) is 14.8. The van der Waals surface area contributed by atoms with E-state index >= 15 is 0 Å². The SMILES string of the molecule is CC(CC(Cc1ccc(-c2ccccc2)cc1)NC(=O)N1CCC(C(=O)O)C1)C(=O)O. The van der Waals surface area contributed by atoms with Gasteiger partial charge in [0.25, 0.3) is 0 Å². The highest BCUT2D eigenvalue weighted by atomic mass is 16.4. The van der Waals surface area contributed by atoms with Gasteiger partial charge in [0.05, 0.1) is 11.8 Å². The number of amides is 2. The normalized spacial score (nSPS) is 17.7. The molecule has 0 aromatic heterocycles. The average molecular weight is 424 g/mol. The van der Waals surface area contributed by atoms with E-state index < -0.39 is 23.8 Å². The minimum absolute atomic E-state index is 0.175. The molecule has 1 heterocycles. The van der Waals surface area contributed by atoms with Gasteiger partial charge in [-0.05, 0) is 36.0 Å². The van der Waals surface area contributed by atoms with Crippen molar-refractivity contribution in [1.29, 1.82) is 0 Å². The van der Waals surface area contributed by atoms with E-state index in [1.807, 2.05) is 54.6 Å². The van der Waals surface area contributed by atoms with Crippen LogP contribution >= 0.6 is 0 Å². The molecule has 0 radical (unpaired) electrons. The van der Waals surface area contributed by atoms with Crippen LogP contribution in [0.3, 0.4) is 0 Å². The second kappa shape index (κ2) is 10.1. The van der Waals surface area contributed by atoms with Crippen molar-refractivity contribution in [2.45, 2.75) is 32.2 Å². The van der Waals surface area contributed by atoms with Crippen LogP contribution < -0.4 is 5.32 Å². The van der Waals surface area contributed by atoms with Gasteiger partial charge >= 0.3 is 18.0 Å². The summed E-state index contributed by atoms with van der Waals surface area (Å²) in [6.07, 6.45) is 1.21. The van der Waals surface area contributed by atoms with Gasteiger partial charge in [-0.15, -0.1) is 0 Å². The number of likely N-dealkylation sites (tertiary alicyclic amines) is 1. The van der Waals surface area contributed by atoms with Gasteiger partial charge in [-0.3, -0.25) is 9.59 Å². The molecule has 0 saturated carbocycles. The van der Waals surface area contributed by atoms with E-state index in [0.717, 1.165) is 16.7 Å². The van der Waals surface area contributed by atoms with Gasteiger partial charge in [-0.2, -0.15) is 0 Å². The smallest absolute Gasteiger partial charge is 0.317 e. The van der Waals surface area contributed by atoms with Crippen LogP contribution in [0, 0.1) is 11.8 Å². The predicted molar refractivity (Wildman–Crippen MR) is 117 cm³/mol. The van der Waals surface area contributed by atoms with Gasteiger partial charge < -0.3 is 20.4 Å². The van der Waals surface area contributed by atoms with Crippen molar-refractivity contribution in [1.82, 2.24) is 10.2 Å². The molecule has 7 heteroatoms. The Bertz CT molecular complexity index is 913. The number of hydrogen-bond donors (Lipinski definition) is 3. The lowest BCUT2D eigenvalue weighted by molar-refractivity contribution is -0.142. The van der Waals surface area contributed by atoms with Gasteiger partial charge in [-0.25, -0.2) is 4.79 Å². The minimum Gasteiger partial charge on any atom is -0.481 e. The van der Waals surface area contributed by atoms with Gasteiger partial charge in [0, 0.05) is 19.1 Å². The fourth-order valence-electron chi connectivity index (χ4n) is 3.88. The van der Waals surface area contributed by atoms with E-state index in [9.17, 15) is 19.5 Å². The molecule has 3 atom stereocenters. The van der Waals surface area contributed by atoms with Crippen molar-refractivity contribution in [2.24, 2.45) is 11.8 Å². The van der Waals surface area contributed by atoms with E-state index in [2.05, 4.69) is 5.32 Å². The van der Waals surface area contributed by atoms with Crippen molar-refractivity contribution in [3.05, 3.63) is 60.2 Å². The summed E-state index contributed by atoms with van der Waals surface area (Å²) in [5.74, 6) is -2.97. The van der Waals surface area contributed by atoms with Crippen molar-refractivity contribution < 1.29 is 24.6 Å². The number of carbonyl (C=O) groups is 3. The minimum atomic E-state index is -0.911. The van der Waals surface area contributed by atoms with Crippen molar-refractivity contribution in [3.8, 4) is 11.1 Å². The molecule has 164 valence electrons. The summed E-state index contributed by atoms with van der Waals surface area (Å²) in [7, 11) is 0. The molecule has 2 amide bonds. The largest absolute Gasteiger partial charge is 0.481 e. The van der Waals surface area contributed by atoms with Crippen LogP contribution in [-0.2, 0) is 16.0 Å². The molecule has 3 rings (SSSR count). The third-order valence-electron chi connectivity index (χ3n) is 5.76. The van der Waals surface area contributed by atoms with E-state index in [0.29, 0.717) is 19.4 Å². The molecule has 1 aliphatic heterocycles. The molecule has 3 unspecified atom stereocenters. The maximum atomic E-state index is 12.7. The lowest BCUT2D eigenvalue weighted by Gasteiger charge is -2.25. The molecule has 1 aliphatic rings. The molecule has 0 bridgehead atoms. The quantitative estimate of drug-likeness (QED) is 0.601. The van der Waals surface area contributed by atoms with E-state index in [1.54, 1.807) is 6.92 Å². The van der Waals surface area contributed by atoms with Crippen molar-refractivity contribution in [2.75, 3.05) is 13.1 Å². The molecular weight excluding hydrogens is 396 g/mol. The summed E-state index contributed by atoms with van der Waals surface area (Å²) in [6, 6.07) is 17.3. The summed E-state index contributed by atoms with van der Waals surface area (Å²) >= 11 is 0. The third-order valence-corrected chi connectivity index (χ3v) is 5.76. The standard InChI is InChI=1S/C24H28N2O5/c1-16(22(27)28)13-21(25-24(31)26-12-11-20(15-26)23(29)30)14-17-7-9-19(10-8-17)18-5-3-2-4-6-18/h2-10,16,20-21H,11-15H2,1H3,(H,25,31)(H,27,28)(H,29,30). The number of carboxylic acid groups (broad SMARTS) is 2. The van der Waals surface area contributed by atoms with Gasteiger partial charge in [0.15, 0.2) is 0 Å². The van der Waals surface area contributed by atoms with Gasteiger partial charge in [-0.1, -0.05) is 61.5 Å². The highest BCUT2D eigenvalue weighted by Gasteiger charge is 2.32. The number of urea groups is 1. The maximum Gasteiger partial charge on any atom is 0.317 e. The molecule has 0 aliphatic carbocycles. The van der Waals surface area contributed by atoms with Crippen LogP contribution in [0.1, 0.15) is 25.3 Å². The Kier molecular flexibility index (Phi) is 7.28. The van der Waals surface area contributed by atoms with E-state index in [-0.39, 0.29) is 25.0 Å². The Morgan fingerprint density at radius 1 is 1.03 bits per heavy atom. The average Bonchev–Trinajstić information content (AvgIpc) is 3.25. The lowest BCUT2D eigenvalue weighted by Crippen LogP contribution is -2.46. The Balaban J connectivity index is 1.68. The number of nitrogens with zero attached hydrogens (tertiary/aromatic N) is 1. The summed E-state index contributed by atoms with van der Waals surface area (Å²) < 4.78 is 0. The number of benzene rings is 2. The second-order valence-electron chi connectivity index (χ2n) is 8.16. The predicted octanol–water partition coefficient (Wildman–Crippen LogP) is 3.49. The highest BCUT2D eigenvalue weighted by Crippen LogP contribution is 2.21. The van der Waals surface area contributed by atoms with Crippen molar-refractivity contribution >= 4 is 18.0 Å². The Hall–Kier alpha value is -3.35. The molecule has 0 spiro atoms. The van der Waals surface area contributed by atoms with Crippen LogP contribution in [0.4, 0.5) is 4.79 Å². The number of carbonyl (C=O) groups excluding carboxylic acids is 1. The molecule has 2 aromatic rings.